The van der Waals surface area contributed by atoms with Gasteiger partial charge in [-0.2, -0.15) is 23.5 Å². The van der Waals surface area contributed by atoms with Gasteiger partial charge in [-0.05, 0) is 75.5 Å². The van der Waals surface area contributed by atoms with Crippen molar-refractivity contribution in [2.24, 2.45) is 5.92 Å². The smallest absolute Gasteiger partial charge is 0.422 e. The lowest BCUT2D eigenvalue weighted by Gasteiger charge is -2.32. The molecule has 3 fully saturated rings. The standard InChI is InChI=1S/C26H29ClF3N5O2/c1-16-9-23(35(33-16)19-3-2-4-19)34-13-17(11-22(34)24(36)32-25(14-31)7-8-25)10-18-5-6-20(12-21(18)27)37-15-26(28,29)30/h5-6,9,12,17,19,22H,2-4,7-8,10-11,13,15H2,1H3,(H,32,36)/t17-,22+/m1/s1. The summed E-state index contributed by atoms with van der Waals surface area (Å²) in [6.07, 6.45) is 1.26. The highest BCUT2D eigenvalue weighted by molar-refractivity contribution is 6.31. The van der Waals surface area contributed by atoms with E-state index in [1.165, 1.54) is 12.1 Å². The average molecular weight is 536 g/mol. The van der Waals surface area contributed by atoms with Crippen LogP contribution < -0.4 is 15.0 Å². The second-order valence-electron chi connectivity index (χ2n) is 10.5. The summed E-state index contributed by atoms with van der Waals surface area (Å²) in [5.41, 5.74) is 0.907. The lowest BCUT2D eigenvalue weighted by atomic mass is 9.93. The number of nitrogens with one attached hydrogen (secondary N) is 1. The number of nitrogens with zero attached hydrogens (tertiary/aromatic N) is 4. The van der Waals surface area contributed by atoms with E-state index in [1.807, 2.05) is 17.7 Å². The Bertz CT molecular complexity index is 1220. The Morgan fingerprint density at radius 3 is 2.68 bits per heavy atom. The van der Waals surface area contributed by atoms with E-state index in [4.69, 9.17) is 21.4 Å². The Morgan fingerprint density at radius 2 is 2.08 bits per heavy atom. The first kappa shape index (κ1) is 25.7. The first-order valence-corrected chi connectivity index (χ1v) is 13.0. The van der Waals surface area contributed by atoms with Gasteiger partial charge in [0.1, 0.15) is 23.1 Å². The number of amides is 1. The van der Waals surface area contributed by atoms with Gasteiger partial charge in [-0.3, -0.25) is 4.79 Å². The molecular weight excluding hydrogens is 507 g/mol. The normalized spacial score (nSPS) is 22.9. The van der Waals surface area contributed by atoms with Gasteiger partial charge in [0.15, 0.2) is 6.61 Å². The first-order valence-electron chi connectivity index (χ1n) is 12.6. The molecule has 1 aliphatic heterocycles. The molecule has 37 heavy (non-hydrogen) atoms. The summed E-state index contributed by atoms with van der Waals surface area (Å²) in [7, 11) is 0. The summed E-state index contributed by atoms with van der Waals surface area (Å²) in [5.74, 6) is 0.871. The Labute approximate surface area is 218 Å². The summed E-state index contributed by atoms with van der Waals surface area (Å²) in [6, 6.07) is 8.67. The molecule has 1 amide bonds. The number of rotatable bonds is 8. The molecule has 2 atom stereocenters. The number of hydrogen-bond donors (Lipinski definition) is 1. The lowest BCUT2D eigenvalue weighted by molar-refractivity contribution is -0.153. The van der Waals surface area contributed by atoms with E-state index in [2.05, 4.69) is 16.3 Å². The molecule has 1 aromatic carbocycles. The Morgan fingerprint density at radius 1 is 1.32 bits per heavy atom. The number of nitriles is 1. The molecule has 198 valence electrons. The average Bonchev–Trinajstić information content (AvgIpc) is 3.28. The van der Waals surface area contributed by atoms with Gasteiger partial charge in [0.05, 0.1) is 17.8 Å². The van der Waals surface area contributed by atoms with Crippen molar-refractivity contribution >= 4 is 23.3 Å². The molecule has 1 saturated heterocycles. The van der Waals surface area contributed by atoms with Gasteiger partial charge < -0.3 is 15.0 Å². The van der Waals surface area contributed by atoms with Crippen LogP contribution in [0.4, 0.5) is 19.0 Å². The third kappa shape index (κ3) is 5.66. The van der Waals surface area contributed by atoms with Crippen LogP contribution in [0, 0.1) is 24.2 Å². The van der Waals surface area contributed by atoms with Crippen LogP contribution in [0.3, 0.4) is 0 Å². The van der Waals surface area contributed by atoms with Gasteiger partial charge in [0, 0.05) is 17.6 Å². The monoisotopic (exact) mass is 535 g/mol. The molecule has 1 aromatic heterocycles. The maximum atomic E-state index is 13.4. The van der Waals surface area contributed by atoms with Crippen molar-refractivity contribution in [2.45, 2.75) is 75.7 Å². The van der Waals surface area contributed by atoms with E-state index in [0.717, 1.165) is 36.3 Å². The maximum absolute atomic E-state index is 13.4. The van der Waals surface area contributed by atoms with Gasteiger partial charge >= 0.3 is 6.18 Å². The predicted molar refractivity (Wildman–Crippen MR) is 132 cm³/mol. The molecule has 0 unspecified atom stereocenters. The molecule has 7 nitrogen and oxygen atoms in total. The van der Waals surface area contributed by atoms with Crippen LogP contribution in [0.5, 0.6) is 5.75 Å². The third-order valence-corrected chi connectivity index (χ3v) is 7.86. The largest absolute Gasteiger partial charge is 0.484 e. The molecule has 0 spiro atoms. The quantitative estimate of drug-likeness (QED) is 0.507. The topological polar surface area (TPSA) is 83.2 Å². The minimum Gasteiger partial charge on any atom is -0.484 e. The number of benzene rings is 1. The lowest BCUT2D eigenvalue weighted by Crippen LogP contribution is -2.48. The summed E-state index contributed by atoms with van der Waals surface area (Å²) >= 11 is 6.42. The SMILES string of the molecule is Cc1cc(N2C[C@H](Cc3ccc(OCC(F)(F)F)cc3Cl)C[C@H]2C(=O)NC2(C#N)CC2)n(C2CCC2)n1. The fourth-order valence-corrected chi connectivity index (χ4v) is 5.41. The zero-order valence-electron chi connectivity index (χ0n) is 20.5. The van der Waals surface area contributed by atoms with Crippen LogP contribution in [-0.2, 0) is 11.2 Å². The number of carbonyl (C=O) groups is 1. The molecule has 3 aliphatic rings. The third-order valence-electron chi connectivity index (χ3n) is 7.51. The van der Waals surface area contributed by atoms with Crippen molar-refractivity contribution in [1.29, 1.82) is 5.26 Å². The highest BCUT2D eigenvalue weighted by Gasteiger charge is 2.48. The van der Waals surface area contributed by atoms with Crippen molar-refractivity contribution in [2.75, 3.05) is 18.1 Å². The molecule has 5 rings (SSSR count). The molecule has 2 aromatic rings. The molecule has 11 heteroatoms. The van der Waals surface area contributed by atoms with Crippen LogP contribution >= 0.6 is 11.6 Å². The zero-order chi connectivity index (χ0) is 26.4. The summed E-state index contributed by atoms with van der Waals surface area (Å²) < 4.78 is 44.3. The van der Waals surface area contributed by atoms with E-state index in [-0.39, 0.29) is 17.6 Å². The number of aryl methyl sites for hydroxylation is 1. The van der Waals surface area contributed by atoms with Crippen molar-refractivity contribution in [3.63, 3.8) is 0 Å². The van der Waals surface area contributed by atoms with Crippen LogP contribution in [-0.4, -0.2) is 46.6 Å². The molecular formula is C26H29ClF3N5O2. The van der Waals surface area contributed by atoms with E-state index in [1.54, 1.807) is 6.07 Å². The molecule has 0 radical (unpaired) electrons. The van der Waals surface area contributed by atoms with Crippen LogP contribution in [0.15, 0.2) is 24.3 Å². The molecule has 0 bridgehead atoms. The number of halogens is 4. The predicted octanol–water partition coefficient (Wildman–Crippen LogP) is 5.12. The van der Waals surface area contributed by atoms with Crippen molar-refractivity contribution < 1.29 is 22.7 Å². The fraction of sp³-hybridized carbons (Fsp3) is 0.577. The Hall–Kier alpha value is -2.93. The van der Waals surface area contributed by atoms with Gasteiger partial charge in [-0.15, -0.1) is 0 Å². The van der Waals surface area contributed by atoms with Gasteiger partial charge in [-0.25, -0.2) is 4.68 Å². The second-order valence-corrected chi connectivity index (χ2v) is 10.9. The number of anilines is 1. The number of alkyl halides is 3. The van der Waals surface area contributed by atoms with E-state index in [9.17, 15) is 23.2 Å². The number of carbonyl (C=O) groups excluding carboxylic acids is 1. The number of ether oxygens (including phenoxy) is 1. The minimum atomic E-state index is -4.43. The van der Waals surface area contributed by atoms with Crippen LogP contribution in [0.2, 0.25) is 5.02 Å². The molecule has 1 N–H and O–H groups in total. The highest BCUT2D eigenvalue weighted by atomic mass is 35.5. The fourth-order valence-electron chi connectivity index (χ4n) is 5.16. The molecule has 2 aliphatic carbocycles. The van der Waals surface area contributed by atoms with Crippen LogP contribution in [0.1, 0.15) is 55.8 Å². The van der Waals surface area contributed by atoms with Crippen molar-refractivity contribution in [3.8, 4) is 11.8 Å². The minimum absolute atomic E-state index is 0.0579. The summed E-state index contributed by atoms with van der Waals surface area (Å²) in [5, 5.41) is 17.5. The maximum Gasteiger partial charge on any atom is 0.422 e. The van der Waals surface area contributed by atoms with E-state index >= 15 is 0 Å². The van der Waals surface area contributed by atoms with Crippen molar-refractivity contribution in [3.05, 3.63) is 40.5 Å². The molecule has 2 heterocycles. The van der Waals surface area contributed by atoms with E-state index in [0.29, 0.717) is 43.3 Å². The van der Waals surface area contributed by atoms with Crippen LogP contribution in [0.25, 0.3) is 0 Å². The molecule has 2 saturated carbocycles. The zero-order valence-corrected chi connectivity index (χ0v) is 21.3. The highest BCUT2D eigenvalue weighted by Crippen LogP contribution is 2.40. The first-order chi connectivity index (χ1) is 17.6. The van der Waals surface area contributed by atoms with E-state index < -0.39 is 24.4 Å². The van der Waals surface area contributed by atoms with Gasteiger partial charge in [-0.1, -0.05) is 17.7 Å². The summed E-state index contributed by atoms with van der Waals surface area (Å²) in [4.78, 5) is 15.5. The number of aromatic nitrogens is 2. The van der Waals surface area contributed by atoms with Crippen molar-refractivity contribution in [1.82, 2.24) is 15.1 Å². The second kappa shape index (κ2) is 9.75. The van der Waals surface area contributed by atoms with Gasteiger partial charge in [0.2, 0.25) is 5.91 Å². The number of hydrogen-bond acceptors (Lipinski definition) is 5. The Balaban J connectivity index is 1.35. The van der Waals surface area contributed by atoms with Gasteiger partial charge in [0.25, 0.3) is 0 Å². The Kier molecular flexibility index (Phi) is 6.77. The summed E-state index contributed by atoms with van der Waals surface area (Å²) in [6.45, 7) is 1.16.